The van der Waals surface area contributed by atoms with E-state index in [1.165, 1.54) is 12.3 Å². The number of piperidine rings is 1. The maximum Gasteiger partial charge on any atom is 0.344 e. The molecule has 0 saturated carbocycles. The number of nitrogens with zero attached hydrogens (tertiary/aromatic N) is 5. The molecule has 1 N–H and O–H groups in total. The largest absolute Gasteiger partial charge is 0.488 e. The highest BCUT2D eigenvalue weighted by molar-refractivity contribution is 7.92. The third kappa shape index (κ3) is 5.05. The Morgan fingerprint density at radius 1 is 1.19 bits per heavy atom. The summed E-state index contributed by atoms with van der Waals surface area (Å²) in [5.41, 5.74) is 1.99. The van der Waals surface area contributed by atoms with E-state index in [4.69, 9.17) is 4.74 Å². The van der Waals surface area contributed by atoms with Gasteiger partial charge in [0.15, 0.2) is 5.82 Å². The highest BCUT2D eigenvalue weighted by atomic mass is 32.2. The number of rotatable bonds is 5. The minimum absolute atomic E-state index is 0.0267. The van der Waals surface area contributed by atoms with Gasteiger partial charge in [-0.25, -0.2) is 17.9 Å². The second kappa shape index (κ2) is 8.42. The Kier molecular flexibility index (Phi) is 5.68. The topological polar surface area (TPSA) is 111 Å². The molecule has 31 heavy (non-hydrogen) atoms. The average molecular weight is 445 g/mol. The lowest BCUT2D eigenvalue weighted by molar-refractivity contribution is 0.110. The predicted octanol–water partition coefficient (Wildman–Crippen LogP) is 2.26. The van der Waals surface area contributed by atoms with Gasteiger partial charge >= 0.3 is 6.03 Å². The number of hydrogen-bond donors (Lipinski definition) is 1. The van der Waals surface area contributed by atoms with Gasteiger partial charge < -0.3 is 9.64 Å². The number of aromatic nitrogens is 4. The number of anilines is 1. The zero-order chi connectivity index (χ0) is 22.0. The molecule has 3 heterocycles. The number of sulfonamides is 1. The Bertz CT molecular complexity index is 1160. The van der Waals surface area contributed by atoms with Crippen molar-refractivity contribution in [3.63, 3.8) is 0 Å². The zero-order valence-corrected chi connectivity index (χ0v) is 18.1. The molecule has 0 bridgehead atoms. The third-order valence-corrected chi connectivity index (χ3v) is 5.53. The molecule has 3 aromatic rings. The standard InChI is InChI=1S/C20H24N6O4S/c1-15-4-5-18(17(14-15)25-10-3-9-21-25)30-16-6-11-24(12-7-16)20(27)26-13-8-19(22-26)23-31(2,28)29/h3-5,8-10,13-14,16H,6-7,11-12H2,1-2H3,(H,22,23). The van der Waals surface area contributed by atoms with Crippen LogP contribution < -0.4 is 9.46 Å². The van der Waals surface area contributed by atoms with Gasteiger partial charge in [-0.1, -0.05) is 6.07 Å². The van der Waals surface area contributed by atoms with Crippen LogP contribution in [-0.2, 0) is 10.0 Å². The van der Waals surface area contributed by atoms with Gasteiger partial charge in [0.05, 0.1) is 6.26 Å². The van der Waals surface area contributed by atoms with Crippen molar-refractivity contribution in [3.8, 4) is 11.4 Å². The first-order valence-electron chi connectivity index (χ1n) is 9.88. The van der Waals surface area contributed by atoms with Crippen LogP contribution in [-0.4, -0.2) is 64.4 Å². The normalized spacial score (nSPS) is 15.1. The fourth-order valence-corrected chi connectivity index (χ4v) is 3.97. The van der Waals surface area contributed by atoms with Gasteiger partial charge in [-0.15, -0.1) is 5.10 Å². The summed E-state index contributed by atoms with van der Waals surface area (Å²) < 4.78 is 34.1. The first-order valence-corrected chi connectivity index (χ1v) is 11.8. The van der Waals surface area contributed by atoms with E-state index in [1.54, 1.807) is 15.8 Å². The Balaban J connectivity index is 1.38. The summed E-state index contributed by atoms with van der Waals surface area (Å²) in [6.45, 7) is 3.05. The van der Waals surface area contributed by atoms with Crippen molar-refractivity contribution in [1.29, 1.82) is 0 Å². The molecule has 1 aliphatic rings. The van der Waals surface area contributed by atoms with Crippen molar-refractivity contribution in [2.24, 2.45) is 0 Å². The van der Waals surface area contributed by atoms with Crippen LogP contribution in [0.25, 0.3) is 5.69 Å². The summed E-state index contributed by atoms with van der Waals surface area (Å²) in [4.78, 5) is 14.4. The summed E-state index contributed by atoms with van der Waals surface area (Å²) in [5.74, 6) is 0.863. The molecular formula is C20H24N6O4S. The molecule has 1 aliphatic heterocycles. The fourth-order valence-electron chi connectivity index (χ4n) is 3.48. The van der Waals surface area contributed by atoms with Crippen molar-refractivity contribution < 1.29 is 17.9 Å². The van der Waals surface area contributed by atoms with Crippen molar-refractivity contribution in [2.45, 2.75) is 25.9 Å². The number of benzene rings is 1. The predicted molar refractivity (Wildman–Crippen MR) is 115 cm³/mol. The van der Waals surface area contributed by atoms with Gasteiger partial charge in [0.2, 0.25) is 10.0 Å². The summed E-state index contributed by atoms with van der Waals surface area (Å²) in [7, 11) is -3.45. The van der Waals surface area contributed by atoms with Gasteiger partial charge in [-0.3, -0.25) is 4.72 Å². The van der Waals surface area contributed by atoms with Crippen LogP contribution in [0, 0.1) is 6.92 Å². The highest BCUT2D eigenvalue weighted by Crippen LogP contribution is 2.27. The van der Waals surface area contributed by atoms with Crippen LogP contribution in [0.2, 0.25) is 0 Å². The number of aryl methyl sites for hydroxylation is 1. The van der Waals surface area contributed by atoms with E-state index < -0.39 is 10.0 Å². The number of carbonyl (C=O) groups is 1. The number of carbonyl (C=O) groups excluding carboxylic acids is 1. The number of ether oxygens (including phenoxy) is 1. The van der Waals surface area contributed by atoms with Gasteiger partial charge in [0.1, 0.15) is 17.5 Å². The summed E-state index contributed by atoms with van der Waals surface area (Å²) >= 11 is 0. The lowest BCUT2D eigenvalue weighted by Gasteiger charge is -2.32. The van der Waals surface area contributed by atoms with Gasteiger partial charge in [-0.2, -0.15) is 9.78 Å². The lowest BCUT2D eigenvalue weighted by Crippen LogP contribution is -2.43. The quantitative estimate of drug-likeness (QED) is 0.646. The summed E-state index contributed by atoms with van der Waals surface area (Å²) in [5, 5.41) is 8.31. The van der Waals surface area contributed by atoms with E-state index in [2.05, 4.69) is 14.9 Å². The van der Waals surface area contributed by atoms with Crippen LogP contribution in [0.4, 0.5) is 10.6 Å². The second-order valence-electron chi connectivity index (χ2n) is 7.53. The van der Waals surface area contributed by atoms with E-state index >= 15 is 0 Å². The van der Waals surface area contributed by atoms with Crippen LogP contribution >= 0.6 is 0 Å². The van der Waals surface area contributed by atoms with E-state index in [1.807, 2.05) is 37.4 Å². The highest BCUT2D eigenvalue weighted by Gasteiger charge is 2.26. The first kappa shape index (κ1) is 20.9. The molecule has 4 rings (SSSR count). The third-order valence-electron chi connectivity index (χ3n) is 4.95. The van der Waals surface area contributed by atoms with Gasteiger partial charge in [-0.05, 0) is 30.7 Å². The average Bonchev–Trinajstić information content (AvgIpc) is 3.40. The summed E-state index contributed by atoms with van der Waals surface area (Å²) in [6, 6.07) is 8.99. The van der Waals surface area contributed by atoms with Crippen LogP contribution in [0.3, 0.4) is 0 Å². The van der Waals surface area contributed by atoms with E-state index in [9.17, 15) is 13.2 Å². The van der Waals surface area contributed by atoms with Gasteiger partial charge in [0, 0.05) is 50.6 Å². The lowest BCUT2D eigenvalue weighted by atomic mass is 10.1. The van der Waals surface area contributed by atoms with E-state index in [0.717, 1.165) is 27.9 Å². The number of amides is 1. The summed E-state index contributed by atoms with van der Waals surface area (Å²) in [6.07, 6.45) is 7.40. The molecule has 1 aromatic carbocycles. The maximum atomic E-state index is 12.7. The van der Waals surface area contributed by atoms with Crippen LogP contribution in [0.5, 0.6) is 5.75 Å². The zero-order valence-electron chi connectivity index (χ0n) is 17.3. The van der Waals surface area contributed by atoms with Crippen molar-refractivity contribution in [2.75, 3.05) is 24.1 Å². The molecule has 1 fully saturated rings. The molecule has 164 valence electrons. The number of nitrogens with one attached hydrogen (secondary N) is 1. The minimum atomic E-state index is -3.45. The molecule has 0 aliphatic carbocycles. The molecule has 1 saturated heterocycles. The van der Waals surface area contributed by atoms with Crippen molar-refractivity contribution in [1.82, 2.24) is 24.5 Å². The Hall–Kier alpha value is -3.34. The molecule has 0 spiro atoms. The molecule has 0 unspecified atom stereocenters. The van der Waals surface area contributed by atoms with Crippen molar-refractivity contribution >= 4 is 21.9 Å². The van der Waals surface area contributed by atoms with Gasteiger partial charge in [0.25, 0.3) is 0 Å². The SMILES string of the molecule is Cc1ccc(OC2CCN(C(=O)n3ccc(NS(C)(=O)=O)n3)CC2)c(-n2cccn2)c1. The molecule has 0 atom stereocenters. The molecule has 0 radical (unpaired) electrons. The molecule has 2 aromatic heterocycles. The molecule has 1 amide bonds. The van der Waals surface area contributed by atoms with E-state index in [0.29, 0.717) is 25.9 Å². The Morgan fingerprint density at radius 2 is 1.97 bits per heavy atom. The fraction of sp³-hybridized carbons (Fsp3) is 0.350. The monoisotopic (exact) mass is 444 g/mol. The van der Waals surface area contributed by atoms with Crippen LogP contribution in [0.1, 0.15) is 18.4 Å². The van der Waals surface area contributed by atoms with E-state index in [-0.39, 0.29) is 18.0 Å². The molecular weight excluding hydrogens is 420 g/mol. The smallest absolute Gasteiger partial charge is 0.344 e. The number of likely N-dealkylation sites (tertiary alicyclic amines) is 1. The minimum Gasteiger partial charge on any atom is -0.488 e. The first-order chi connectivity index (χ1) is 14.8. The number of hydrogen-bond acceptors (Lipinski definition) is 6. The van der Waals surface area contributed by atoms with Crippen LogP contribution in [0.15, 0.2) is 48.9 Å². The van der Waals surface area contributed by atoms with Crippen molar-refractivity contribution in [3.05, 3.63) is 54.5 Å². The Labute approximate surface area is 180 Å². The second-order valence-corrected chi connectivity index (χ2v) is 9.28. The molecule has 10 nitrogen and oxygen atoms in total. The maximum absolute atomic E-state index is 12.7. The Morgan fingerprint density at radius 3 is 2.65 bits per heavy atom. The molecule has 11 heteroatoms.